The molecule has 0 aliphatic heterocycles. The van der Waals surface area contributed by atoms with Crippen LogP contribution in [0.15, 0.2) is 18.2 Å². The van der Waals surface area contributed by atoms with Crippen molar-refractivity contribution in [2.24, 2.45) is 0 Å². The van der Waals surface area contributed by atoms with Crippen LogP contribution in [0.4, 0.5) is 0 Å². The number of benzene rings is 1. The van der Waals surface area contributed by atoms with Crippen molar-refractivity contribution in [3.63, 3.8) is 0 Å². The van der Waals surface area contributed by atoms with Gasteiger partial charge in [-0.2, -0.15) is 0 Å². The van der Waals surface area contributed by atoms with Crippen LogP contribution in [-0.2, 0) is 0 Å². The van der Waals surface area contributed by atoms with E-state index in [1.165, 1.54) is 0 Å². The van der Waals surface area contributed by atoms with Crippen molar-refractivity contribution in [1.29, 1.82) is 0 Å². The Bertz CT molecular complexity index is 234. The van der Waals surface area contributed by atoms with E-state index in [1.807, 2.05) is 52.8 Å². The number of hydrogen-bond acceptors (Lipinski definition) is 1. The number of ether oxygens (including phenoxy) is 1. The summed E-state index contributed by atoms with van der Waals surface area (Å²) in [6.45, 7) is 9.95. The van der Waals surface area contributed by atoms with Crippen LogP contribution < -0.4 is 4.74 Å². The second-order valence-corrected chi connectivity index (χ2v) is 2.52. The smallest absolute Gasteiger partial charge is 0.119 e. The molecule has 2 heteroatoms. The third-order valence-corrected chi connectivity index (χ3v) is 1.79. The van der Waals surface area contributed by atoms with Gasteiger partial charge in [-0.05, 0) is 30.7 Å². The highest BCUT2D eigenvalue weighted by atomic mass is 35.5. The summed E-state index contributed by atoms with van der Waals surface area (Å²) >= 11 is 5.78. The van der Waals surface area contributed by atoms with Crippen molar-refractivity contribution < 1.29 is 4.74 Å². The zero-order valence-electron chi connectivity index (χ0n) is 10.0. The van der Waals surface area contributed by atoms with Gasteiger partial charge in [0.05, 0.1) is 7.11 Å². The van der Waals surface area contributed by atoms with Crippen molar-refractivity contribution in [3.8, 4) is 5.75 Å². The molecule has 1 aromatic rings. The van der Waals surface area contributed by atoms with Crippen LogP contribution in [0.25, 0.3) is 0 Å². The molecule has 1 aromatic carbocycles. The predicted molar refractivity (Wildman–Crippen MR) is 65.4 cm³/mol. The van der Waals surface area contributed by atoms with Gasteiger partial charge in [-0.25, -0.2) is 0 Å². The van der Waals surface area contributed by atoms with Crippen molar-refractivity contribution in [2.75, 3.05) is 7.11 Å². The predicted octanol–water partition coefficient (Wildman–Crippen LogP) is 4.71. The van der Waals surface area contributed by atoms with Gasteiger partial charge < -0.3 is 4.74 Å². The summed E-state index contributed by atoms with van der Waals surface area (Å²) in [5, 5.41) is 0.779. The lowest BCUT2D eigenvalue weighted by atomic mass is 10.2. The Kier molecular flexibility index (Phi) is 11.7. The summed E-state index contributed by atoms with van der Waals surface area (Å²) < 4.78 is 4.99. The lowest BCUT2D eigenvalue weighted by Gasteiger charge is -2.00. The largest absolute Gasteiger partial charge is 0.497 e. The van der Waals surface area contributed by atoms with Gasteiger partial charge in [0.1, 0.15) is 5.75 Å². The van der Waals surface area contributed by atoms with Gasteiger partial charge in [0.15, 0.2) is 0 Å². The fourth-order valence-corrected chi connectivity index (χ4v) is 0.862. The first-order chi connectivity index (χ1) is 6.74. The van der Waals surface area contributed by atoms with Crippen LogP contribution in [0.5, 0.6) is 5.75 Å². The molecule has 0 saturated heterocycles. The molecule has 0 heterocycles. The van der Waals surface area contributed by atoms with E-state index < -0.39 is 0 Å². The molecular formula is C12H21ClO. The van der Waals surface area contributed by atoms with E-state index in [1.54, 1.807) is 7.11 Å². The fourth-order valence-electron chi connectivity index (χ4n) is 0.744. The monoisotopic (exact) mass is 216 g/mol. The number of methoxy groups -OCH3 is 1. The van der Waals surface area contributed by atoms with E-state index >= 15 is 0 Å². The van der Waals surface area contributed by atoms with Crippen molar-refractivity contribution in [2.45, 2.75) is 34.6 Å². The van der Waals surface area contributed by atoms with E-state index in [0.717, 1.165) is 16.3 Å². The highest BCUT2D eigenvalue weighted by molar-refractivity contribution is 6.31. The fraction of sp³-hybridized carbons (Fsp3) is 0.500. The van der Waals surface area contributed by atoms with Gasteiger partial charge >= 0.3 is 0 Å². The van der Waals surface area contributed by atoms with E-state index in [-0.39, 0.29) is 0 Å². The molecule has 14 heavy (non-hydrogen) atoms. The van der Waals surface area contributed by atoms with Gasteiger partial charge in [0, 0.05) is 5.02 Å². The lowest BCUT2D eigenvalue weighted by Crippen LogP contribution is -1.82. The van der Waals surface area contributed by atoms with Crippen LogP contribution >= 0.6 is 11.6 Å². The van der Waals surface area contributed by atoms with Gasteiger partial charge in [-0.1, -0.05) is 39.3 Å². The van der Waals surface area contributed by atoms with E-state index in [0.29, 0.717) is 0 Å². The zero-order valence-corrected chi connectivity index (χ0v) is 10.8. The minimum Gasteiger partial charge on any atom is -0.497 e. The normalized spacial score (nSPS) is 7.64. The van der Waals surface area contributed by atoms with Gasteiger partial charge in [0.2, 0.25) is 0 Å². The van der Waals surface area contributed by atoms with Crippen LogP contribution in [-0.4, -0.2) is 7.11 Å². The Labute approximate surface area is 93.0 Å². The summed E-state index contributed by atoms with van der Waals surface area (Å²) in [5.41, 5.74) is 1.04. The maximum absolute atomic E-state index is 5.78. The molecule has 1 rings (SSSR count). The standard InChI is InChI=1S/C8H9ClO.2C2H6/c1-6-5-7(10-2)3-4-8(6)9;2*1-2/h3-5H,1-2H3;2*1-2H3. The number of hydrogen-bond donors (Lipinski definition) is 0. The second kappa shape index (κ2) is 10.4. The first-order valence-corrected chi connectivity index (χ1v) is 5.42. The molecule has 0 amide bonds. The summed E-state index contributed by atoms with van der Waals surface area (Å²) in [5.74, 6) is 0.849. The molecule has 0 aliphatic carbocycles. The highest BCUT2D eigenvalue weighted by Gasteiger charge is 1.94. The molecule has 0 radical (unpaired) electrons. The van der Waals surface area contributed by atoms with Gasteiger partial charge in [-0.3, -0.25) is 0 Å². The Balaban J connectivity index is 0. The van der Waals surface area contributed by atoms with Crippen LogP contribution in [0.3, 0.4) is 0 Å². The molecule has 1 nitrogen and oxygen atoms in total. The maximum atomic E-state index is 5.78. The second-order valence-electron chi connectivity index (χ2n) is 2.12. The minimum atomic E-state index is 0.779. The van der Waals surface area contributed by atoms with Gasteiger partial charge in [-0.15, -0.1) is 0 Å². The maximum Gasteiger partial charge on any atom is 0.119 e. The average molecular weight is 217 g/mol. The third kappa shape index (κ3) is 5.87. The molecule has 0 aliphatic rings. The molecule has 0 spiro atoms. The number of aryl methyl sites for hydroxylation is 1. The average Bonchev–Trinajstić information content (AvgIpc) is 2.28. The van der Waals surface area contributed by atoms with Gasteiger partial charge in [0.25, 0.3) is 0 Å². The SMILES string of the molecule is CC.CC.COc1ccc(Cl)c(C)c1. The lowest BCUT2D eigenvalue weighted by molar-refractivity contribution is 0.414. The third-order valence-electron chi connectivity index (χ3n) is 1.37. The first-order valence-electron chi connectivity index (χ1n) is 5.04. The zero-order chi connectivity index (χ0) is 11.6. The highest BCUT2D eigenvalue weighted by Crippen LogP contribution is 2.20. The number of halogens is 1. The summed E-state index contributed by atoms with van der Waals surface area (Å²) in [6, 6.07) is 5.58. The quantitative estimate of drug-likeness (QED) is 0.661. The van der Waals surface area contributed by atoms with Crippen LogP contribution in [0.2, 0.25) is 5.02 Å². The topological polar surface area (TPSA) is 9.23 Å². The van der Waals surface area contributed by atoms with Crippen molar-refractivity contribution in [1.82, 2.24) is 0 Å². The van der Waals surface area contributed by atoms with Crippen molar-refractivity contribution >= 4 is 11.6 Å². The first kappa shape index (κ1) is 15.8. The Morgan fingerprint density at radius 2 is 1.57 bits per heavy atom. The Morgan fingerprint density at radius 3 is 1.93 bits per heavy atom. The van der Waals surface area contributed by atoms with Crippen LogP contribution in [0.1, 0.15) is 33.3 Å². The summed E-state index contributed by atoms with van der Waals surface area (Å²) in [6.07, 6.45) is 0. The minimum absolute atomic E-state index is 0.779. The Hall–Kier alpha value is -0.690. The molecule has 0 aromatic heterocycles. The Morgan fingerprint density at radius 1 is 1.07 bits per heavy atom. The molecule has 0 fully saturated rings. The summed E-state index contributed by atoms with van der Waals surface area (Å²) in [4.78, 5) is 0. The molecule has 0 bridgehead atoms. The molecule has 0 saturated carbocycles. The number of rotatable bonds is 1. The van der Waals surface area contributed by atoms with Crippen molar-refractivity contribution in [3.05, 3.63) is 28.8 Å². The van der Waals surface area contributed by atoms with E-state index in [2.05, 4.69) is 0 Å². The molecular weight excluding hydrogens is 196 g/mol. The molecule has 82 valence electrons. The molecule has 0 N–H and O–H groups in total. The van der Waals surface area contributed by atoms with E-state index in [9.17, 15) is 0 Å². The molecule has 0 unspecified atom stereocenters. The molecule has 0 atom stereocenters. The van der Waals surface area contributed by atoms with E-state index in [4.69, 9.17) is 16.3 Å². The van der Waals surface area contributed by atoms with Crippen LogP contribution in [0, 0.1) is 6.92 Å². The summed E-state index contributed by atoms with van der Waals surface area (Å²) in [7, 11) is 1.64.